The number of aryl methyl sites for hydroxylation is 2. The van der Waals surface area contributed by atoms with Crippen molar-refractivity contribution in [3.05, 3.63) is 35.5 Å². The van der Waals surface area contributed by atoms with Gasteiger partial charge in [0.25, 0.3) is 0 Å². The van der Waals surface area contributed by atoms with Crippen molar-refractivity contribution in [2.45, 2.75) is 27.2 Å². The molecule has 1 aromatic carbocycles. The van der Waals surface area contributed by atoms with E-state index >= 15 is 0 Å². The summed E-state index contributed by atoms with van der Waals surface area (Å²) in [6.07, 6.45) is 0.952. The van der Waals surface area contributed by atoms with Crippen LogP contribution in [0.4, 0.5) is 5.95 Å². The van der Waals surface area contributed by atoms with Gasteiger partial charge in [0.05, 0.1) is 7.11 Å². The molecule has 0 atom stereocenters. The van der Waals surface area contributed by atoms with Crippen LogP contribution in [0.1, 0.15) is 25.1 Å². The Labute approximate surface area is 125 Å². The zero-order valence-electron chi connectivity index (χ0n) is 12.9. The number of hydrogen-bond donors (Lipinski definition) is 1. The molecule has 5 nitrogen and oxygen atoms in total. The summed E-state index contributed by atoms with van der Waals surface area (Å²) in [5.41, 5.74) is 2.05. The van der Waals surface area contributed by atoms with Crippen LogP contribution in [0.15, 0.2) is 24.3 Å². The molecule has 2 rings (SSSR count). The van der Waals surface area contributed by atoms with E-state index in [9.17, 15) is 0 Å². The highest BCUT2D eigenvalue weighted by molar-refractivity contribution is 5.45. The van der Waals surface area contributed by atoms with Crippen LogP contribution in [0.3, 0.4) is 0 Å². The SMILES string of the molecule is CCNc1nc(C)cc(Oc2ccc(CC)cc2OC)n1. The minimum Gasteiger partial charge on any atom is -0.493 e. The third kappa shape index (κ3) is 3.84. The number of hydrogen-bond acceptors (Lipinski definition) is 5. The highest BCUT2D eigenvalue weighted by Crippen LogP contribution is 2.32. The summed E-state index contributed by atoms with van der Waals surface area (Å²) >= 11 is 0. The predicted molar refractivity (Wildman–Crippen MR) is 83.4 cm³/mol. The Morgan fingerprint density at radius 3 is 2.57 bits per heavy atom. The Morgan fingerprint density at radius 2 is 1.90 bits per heavy atom. The molecule has 0 aliphatic rings. The Balaban J connectivity index is 2.29. The molecule has 0 unspecified atom stereocenters. The maximum atomic E-state index is 5.85. The van der Waals surface area contributed by atoms with Crippen LogP contribution in [0.25, 0.3) is 0 Å². The van der Waals surface area contributed by atoms with Gasteiger partial charge in [0.1, 0.15) is 0 Å². The molecule has 0 bridgehead atoms. The van der Waals surface area contributed by atoms with Crippen LogP contribution in [0.2, 0.25) is 0 Å². The van der Waals surface area contributed by atoms with Crippen molar-refractivity contribution in [1.29, 1.82) is 0 Å². The van der Waals surface area contributed by atoms with Crippen LogP contribution in [-0.4, -0.2) is 23.6 Å². The molecule has 0 aliphatic heterocycles. The first-order valence-electron chi connectivity index (χ1n) is 7.10. The second-order valence-corrected chi connectivity index (χ2v) is 4.64. The number of methoxy groups -OCH3 is 1. The van der Waals surface area contributed by atoms with Gasteiger partial charge < -0.3 is 14.8 Å². The fraction of sp³-hybridized carbons (Fsp3) is 0.375. The molecule has 2 aromatic rings. The third-order valence-electron chi connectivity index (χ3n) is 3.02. The molecular formula is C16H21N3O2. The topological polar surface area (TPSA) is 56.3 Å². The number of benzene rings is 1. The number of rotatable bonds is 6. The predicted octanol–water partition coefficient (Wildman–Crippen LogP) is 3.58. The Kier molecular flexibility index (Phi) is 4.98. The highest BCUT2D eigenvalue weighted by atomic mass is 16.5. The number of nitrogens with zero attached hydrogens (tertiary/aromatic N) is 2. The zero-order valence-corrected chi connectivity index (χ0v) is 12.9. The van der Waals surface area contributed by atoms with E-state index in [1.807, 2.05) is 32.0 Å². The number of aromatic nitrogens is 2. The van der Waals surface area contributed by atoms with Gasteiger partial charge in [-0.15, -0.1) is 0 Å². The van der Waals surface area contributed by atoms with Crippen molar-refractivity contribution in [1.82, 2.24) is 9.97 Å². The van der Waals surface area contributed by atoms with Gasteiger partial charge in [-0.25, -0.2) is 4.98 Å². The van der Waals surface area contributed by atoms with E-state index < -0.39 is 0 Å². The number of anilines is 1. The summed E-state index contributed by atoms with van der Waals surface area (Å²) < 4.78 is 11.2. The van der Waals surface area contributed by atoms with Crippen molar-refractivity contribution in [2.24, 2.45) is 0 Å². The largest absolute Gasteiger partial charge is 0.493 e. The molecule has 21 heavy (non-hydrogen) atoms. The standard InChI is InChI=1S/C16H21N3O2/c1-5-12-7-8-13(14(10-12)20-4)21-15-9-11(3)18-16(19-15)17-6-2/h7-10H,5-6H2,1-4H3,(H,17,18,19). The minimum absolute atomic E-state index is 0.501. The smallest absolute Gasteiger partial charge is 0.226 e. The van der Waals surface area contributed by atoms with E-state index in [0.717, 1.165) is 18.7 Å². The molecule has 5 heteroatoms. The van der Waals surface area contributed by atoms with Gasteiger partial charge in [0.2, 0.25) is 11.8 Å². The molecule has 0 fully saturated rings. The molecule has 0 spiro atoms. The summed E-state index contributed by atoms with van der Waals surface area (Å²) in [5, 5.41) is 3.09. The van der Waals surface area contributed by atoms with E-state index in [1.165, 1.54) is 5.56 Å². The molecule has 0 radical (unpaired) electrons. The van der Waals surface area contributed by atoms with Gasteiger partial charge in [-0.1, -0.05) is 13.0 Å². The lowest BCUT2D eigenvalue weighted by Crippen LogP contribution is -2.04. The van der Waals surface area contributed by atoms with Crippen molar-refractivity contribution in [2.75, 3.05) is 19.0 Å². The first kappa shape index (κ1) is 15.1. The van der Waals surface area contributed by atoms with Crippen LogP contribution in [0, 0.1) is 6.92 Å². The summed E-state index contributed by atoms with van der Waals surface area (Å²) in [6, 6.07) is 7.71. The van der Waals surface area contributed by atoms with Crippen molar-refractivity contribution in [3.8, 4) is 17.4 Å². The average molecular weight is 287 g/mol. The fourth-order valence-corrected chi connectivity index (χ4v) is 1.96. The van der Waals surface area contributed by atoms with E-state index in [2.05, 4.69) is 22.2 Å². The van der Waals surface area contributed by atoms with Crippen LogP contribution < -0.4 is 14.8 Å². The third-order valence-corrected chi connectivity index (χ3v) is 3.02. The van der Waals surface area contributed by atoms with Gasteiger partial charge in [0, 0.05) is 18.3 Å². The minimum atomic E-state index is 0.501. The van der Waals surface area contributed by atoms with Gasteiger partial charge in [-0.05, 0) is 38.0 Å². The van der Waals surface area contributed by atoms with Crippen molar-refractivity contribution < 1.29 is 9.47 Å². The quantitative estimate of drug-likeness (QED) is 0.880. The normalized spacial score (nSPS) is 10.3. The number of nitrogens with one attached hydrogen (secondary N) is 1. The van der Waals surface area contributed by atoms with Gasteiger partial charge in [-0.3, -0.25) is 0 Å². The average Bonchev–Trinajstić information content (AvgIpc) is 2.47. The first-order chi connectivity index (χ1) is 10.2. The summed E-state index contributed by atoms with van der Waals surface area (Å²) in [5.74, 6) is 2.42. The van der Waals surface area contributed by atoms with Gasteiger partial charge in [0.15, 0.2) is 11.5 Å². The fourth-order valence-electron chi connectivity index (χ4n) is 1.96. The maximum Gasteiger partial charge on any atom is 0.226 e. The van der Waals surface area contributed by atoms with Gasteiger partial charge >= 0.3 is 0 Å². The van der Waals surface area contributed by atoms with Crippen LogP contribution >= 0.6 is 0 Å². The highest BCUT2D eigenvalue weighted by Gasteiger charge is 2.09. The second kappa shape index (κ2) is 6.92. The summed E-state index contributed by atoms with van der Waals surface area (Å²) in [6.45, 7) is 6.77. The van der Waals surface area contributed by atoms with Crippen molar-refractivity contribution in [3.63, 3.8) is 0 Å². The van der Waals surface area contributed by atoms with Gasteiger partial charge in [-0.2, -0.15) is 4.98 Å². The van der Waals surface area contributed by atoms with E-state index in [-0.39, 0.29) is 0 Å². The molecule has 0 saturated carbocycles. The van der Waals surface area contributed by atoms with Crippen LogP contribution in [0.5, 0.6) is 17.4 Å². The zero-order chi connectivity index (χ0) is 15.2. The van der Waals surface area contributed by atoms with Crippen molar-refractivity contribution >= 4 is 5.95 Å². The molecule has 1 heterocycles. The number of ether oxygens (including phenoxy) is 2. The van der Waals surface area contributed by atoms with E-state index in [4.69, 9.17) is 9.47 Å². The maximum absolute atomic E-state index is 5.85. The lowest BCUT2D eigenvalue weighted by Gasteiger charge is -2.12. The summed E-state index contributed by atoms with van der Waals surface area (Å²) in [4.78, 5) is 8.64. The lowest BCUT2D eigenvalue weighted by molar-refractivity contribution is 0.373. The molecule has 1 N–H and O–H groups in total. The molecule has 0 saturated heterocycles. The second-order valence-electron chi connectivity index (χ2n) is 4.64. The molecule has 0 amide bonds. The molecule has 0 aliphatic carbocycles. The lowest BCUT2D eigenvalue weighted by atomic mass is 10.1. The Bertz CT molecular complexity index is 614. The first-order valence-corrected chi connectivity index (χ1v) is 7.10. The van der Waals surface area contributed by atoms with Crippen LogP contribution in [-0.2, 0) is 6.42 Å². The Morgan fingerprint density at radius 1 is 1.10 bits per heavy atom. The monoisotopic (exact) mass is 287 g/mol. The Hall–Kier alpha value is -2.30. The van der Waals surface area contributed by atoms with E-state index in [1.54, 1.807) is 13.2 Å². The van der Waals surface area contributed by atoms with E-state index in [0.29, 0.717) is 23.3 Å². The molecular weight excluding hydrogens is 266 g/mol. The summed E-state index contributed by atoms with van der Waals surface area (Å²) in [7, 11) is 1.64. The molecule has 1 aromatic heterocycles. The molecule has 112 valence electrons.